The van der Waals surface area contributed by atoms with Crippen molar-refractivity contribution in [3.05, 3.63) is 58.1 Å². The smallest absolute Gasteiger partial charge is 0.251 e. The Hall–Kier alpha value is -2.44. The Bertz CT molecular complexity index is 1070. The molecular weight excluding hydrogens is 392 g/mol. The van der Waals surface area contributed by atoms with Crippen molar-refractivity contribution < 1.29 is 4.79 Å². The molecule has 1 aliphatic rings. The van der Waals surface area contributed by atoms with Crippen molar-refractivity contribution in [3.63, 3.8) is 0 Å². The van der Waals surface area contributed by atoms with Gasteiger partial charge in [0.05, 0.1) is 10.2 Å². The molecule has 0 bridgehead atoms. The van der Waals surface area contributed by atoms with Crippen molar-refractivity contribution in [2.24, 2.45) is 0 Å². The molecule has 5 nitrogen and oxygen atoms in total. The van der Waals surface area contributed by atoms with Gasteiger partial charge in [0.25, 0.3) is 5.91 Å². The van der Waals surface area contributed by atoms with Gasteiger partial charge >= 0.3 is 0 Å². The molecule has 30 heavy (non-hydrogen) atoms. The van der Waals surface area contributed by atoms with Gasteiger partial charge < -0.3 is 10.2 Å². The van der Waals surface area contributed by atoms with Crippen LogP contribution >= 0.6 is 11.3 Å². The van der Waals surface area contributed by atoms with Gasteiger partial charge in [-0.2, -0.15) is 0 Å². The summed E-state index contributed by atoms with van der Waals surface area (Å²) >= 11 is 1.79. The Kier molecular flexibility index (Phi) is 6.06. The minimum atomic E-state index is 0.0110. The van der Waals surface area contributed by atoms with E-state index in [1.165, 1.54) is 21.4 Å². The van der Waals surface area contributed by atoms with Gasteiger partial charge in [-0.1, -0.05) is 23.5 Å². The standard InChI is InChI=1S/C24H30N4OS/c1-16-5-7-20(15-18(16)3)23(29)25-9-10-27-11-13-28(14-12-27)24-26-22-19(4)17(2)6-8-21(22)30-24/h5-8,15H,9-14H2,1-4H3,(H,25,29). The quantitative estimate of drug-likeness (QED) is 0.673. The summed E-state index contributed by atoms with van der Waals surface area (Å²) in [6.45, 7) is 13.9. The molecule has 1 aliphatic heterocycles. The maximum Gasteiger partial charge on any atom is 0.251 e. The number of amides is 1. The third kappa shape index (κ3) is 4.35. The summed E-state index contributed by atoms with van der Waals surface area (Å²) in [5, 5.41) is 4.19. The number of benzene rings is 2. The summed E-state index contributed by atoms with van der Waals surface area (Å²) in [5.74, 6) is 0.0110. The monoisotopic (exact) mass is 422 g/mol. The van der Waals surface area contributed by atoms with Gasteiger partial charge in [-0.25, -0.2) is 4.98 Å². The van der Waals surface area contributed by atoms with Crippen molar-refractivity contribution in [1.29, 1.82) is 0 Å². The SMILES string of the molecule is Cc1ccc(C(=O)NCCN2CCN(c3nc4c(C)c(C)ccc4s3)CC2)cc1C. The Balaban J connectivity index is 1.27. The molecule has 0 unspecified atom stereocenters. The van der Waals surface area contributed by atoms with Gasteiger partial charge in [0.2, 0.25) is 0 Å². The second kappa shape index (κ2) is 8.74. The molecule has 0 atom stereocenters. The van der Waals surface area contributed by atoms with Crippen LogP contribution in [0.25, 0.3) is 10.2 Å². The highest BCUT2D eigenvalue weighted by molar-refractivity contribution is 7.22. The van der Waals surface area contributed by atoms with Gasteiger partial charge in [0, 0.05) is 44.8 Å². The largest absolute Gasteiger partial charge is 0.351 e. The summed E-state index contributed by atoms with van der Waals surface area (Å²) in [5.41, 5.74) is 6.83. The molecule has 0 saturated carbocycles. The van der Waals surface area contributed by atoms with E-state index >= 15 is 0 Å². The number of piperazine rings is 1. The second-order valence-corrected chi connectivity index (χ2v) is 9.24. The predicted molar refractivity (Wildman–Crippen MR) is 126 cm³/mol. The topological polar surface area (TPSA) is 48.5 Å². The van der Waals surface area contributed by atoms with E-state index in [0.717, 1.165) is 54.5 Å². The third-order valence-corrected chi connectivity index (χ3v) is 7.28. The number of hydrogen-bond donors (Lipinski definition) is 1. The number of aryl methyl sites for hydroxylation is 4. The fraction of sp³-hybridized carbons (Fsp3) is 0.417. The Morgan fingerprint density at radius 3 is 2.47 bits per heavy atom. The third-order valence-electron chi connectivity index (χ3n) is 6.20. The molecule has 1 fully saturated rings. The first-order chi connectivity index (χ1) is 14.4. The number of hydrogen-bond acceptors (Lipinski definition) is 5. The average molecular weight is 423 g/mol. The van der Waals surface area contributed by atoms with Gasteiger partial charge in [0.15, 0.2) is 5.13 Å². The van der Waals surface area contributed by atoms with Crippen LogP contribution in [0.4, 0.5) is 5.13 Å². The summed E-state index contributed by atoms with van der Waals surface area (Å²) in [6.07, 6.45) is 0. The van der Waals surface area contributed by atoms with Gasteiger partial charge in [-0.3, -0.25) is 9.69 Å². The van der Waals surface area contributed by atoms with Crippen LogP contribution in [-0.2, 0) is 0 Å². The molecule has 0 radical (unpaired) electrons. The lowest BCUT2D eigenvalue weighted by Gasteiger charge is -2.34. The van der Waals surface area contributed by atoms with Crippen molar-refractivity contribution >= 4 is 32.6 Å². The average Bonchev–Trinajstić information content (AvgIpc) is 3.18. The van der Waals surface area contributed by atoms with Crippen LogP contribution in [0, 0.1) is 27.7 Å². The highest BCUT2D eigenvalue weighted by atomic mass is 32.1. The number of carbonyl (C=O) groups is 1. The maximum absolute atomic E-state index is 12.4. The van der Waals surface area contributed by atoms with Crippen molar-refractivity contribution in [3.8, 4) is 0 Å². The highest BCUT2D eigenvalue weighted by Crippen LogP contribution is 2.32. The minimum Gasteiger partial charge on any atom is -0.351 e. The van der Waals surface area contributed by atoms with Crippen LogP contribution in [0.15, 0.2) is 30.3 Å². The van der Waals surface area contributed by atoms with Crippen LogP contribution in [0.3, 0.4) is 0 Å². The van der Waals surface area contributed by atoms with Gasteiger partial charge in [-0.15, -0.1) is 0 Å². The molecule has 158 valence electrons. The van der Waals surface area contributed by atoms with Gasteiger partial charge in [0.1, 0.15) is 0 Å². The normalized spacial score (nSPS) is 15.0. The molecule has 6 heteroatoms. The van der Waals surface area contributed by atoms with Crippen LogP contribution in [0.2, 0.25) is 0 Å². The van der Waals surface area contributed by atoms with Gasteiger partial charge in [-0.05, 0) is 68.1 Å². The minimum absolute atomic E-state index is 0.0110. The molecule has 1 N–H and O–H groups in total. The molecule has 3 aromatic rings. The Morgan fingerprint density at radius 1 is 1.00 bits per heavy atom. The van der Waals surface area contributed by atoms with Crippen molar-refractivity contribution in [2.45, 2.75) is 27.7 Å². The van der Waals surface area contributed by atoms with E-state index in [9.17, 15) is 4.79 Å². The molecule has 4 rings (SSSR count). The lowest BCUT2D eigenvalue weighted by atomic mass is 10.1. The first kappa shape index (κ1) is 20.8. The van der Waals surface area contributed by atoms with E-state index in [-0.39, 0.29) is 5.91 Å². The van der Waals surface area contributed by atoms with Crippen molar-refractivity contribution in [2.75, 3.05) is 44.2 Å². The van der Waals surface area contributed by atoms with E-state index in [4.69, 9.17) is 4.98 Å². The number of nitrogens with zero attached hydrogens (tertiary/aromatic N) is 3. The van der Waals surface area contributed by atoms with Crippen LogP contribution in [0.1, 0.15) is 32.6 Å². The number of rotatable bonds is 5. The van der Waals surface area contributed by atoms with Crippen molar-refractivity contribution in [1.82, 2.24) is 15.2 Å². The van der Waals surface area contributed by atoms with E-state index in [2.05, 4.69) is 48.0 Å². The maximum atomic E-state index is 12.4. The lowest BCUT2D eigenvalue weighted by Crippen LogP contribution is -2.48. The molecule has 0 aliphatic carbocycles. The number of anilines is 1. The van der Waals surface area contributed by atoms with Crippen LogP contribution < -0.4 is 10.2 Å². The number of nitrogens with one attached hydrogen (secondary N) is 1. The fourth-order valence-corrected chi connectivity index (χ4v) is 4.90. The van der Waals surface area contributed by atoms with E-state index in [1.807, 2.05) is 25.1 Å². The number of thiazole rings is 1. The Morgan fingerprint density at radius 2 is 1.73 bits per heavy atom. The number of aromatic nitrogens is 1. The Labute approximate surface area is 182 Å². The highest BCUT2D eigenvalue weighted by Gasteiger charge is 2.20. The molecule has 2 heterocycles. The summed E-state index contributed by atoms with van der Waals surface area (Å²) in [4.78, 5) is 22.1. The predicted octanol–water partition coefficient (Wildman–Crippen LogP) is 4.08. The summed E-state index contributed by atoms with van der Waals surface area (Å²) in [7, 11) is 0. The molecule has 1 amide bonds. The molecule has 1 saturated heterocycles. The zero-order valence-electron chi connectivity index (χ0n) is 18.3. The van der Waals surface area contributed by atoms with E-state index in [0.29, 0.717) is 6.54 Å². The molecular formula is C24H30N4OS. The van der Waals surface area contributed by atoms with Crippen LogP contribution in [-0.4, -0.2) is 55.1 Å². The number of carbonyl (C=O) groups excluding carboxylic acids is 1. The summed E-state index contributed by atoms with van der Waals surface area (Å²) in [6, 6.07) is 10.2. The first-order valence-corrected chi connectivity index (χ1v) is 11.4. The van der Waals surface area contributed by atoms with E-state index < -0.39 is 0 Å². The second-order valence-electron chi connectivity index (χ2n) is 8.23. The van der Waals surface area contributed by atoms with Crippen LogP contribution in [0.5, 0.6) is 0 Å². The molecule has 0 spiro atoms. The first-order valence-electron chi connectivity index (χ1n) is 10.6. The summed E-state index contributed by atoms with van der Waals surface area (Å²) < 4.78 is 1.27. The zero-order chi connectivity index (χ0) is 21.3. The zero-order valence-corrected chi connectivity index (χ0v) is 19.1. The lowest BCUT2D eigenvalue weighted by molar-refractivity contribution is 0.0947. The molecule has 2 aromatic carbocycles. The fourth-order valence-electron chi connectivity index (χ4n) is 3.82. The van der Waals surface area contributed by atoms with E-state index in [1.54, 1.807) is 11.3 Å². The number of fused-ring (bicyclic) bond motifs is 1. The molecule has 1 aromatic heterocycles.